The molecule has 0 spiro atoms. The van der Waals surface area contributed by atoms with Gasteiger partial charge < -0.3 is 5.32 Å². The third kappa shape index (κ3) is 6.02. The van der Waals surface area contributed by atoms with Crippen molar-refractivity contribution in [3.05, 3.63) is 228 Å². The predicted octanol–water partition coefficient (Wildman–Crippen LogP) is 14.7. The second-order valence-corrected chi connectivity index (χ2v) is 16.6. The zero-order chi connectivity index (χ0) is 37.6. The number of thiophene rings is 2. The summed E-state index contributed by atoms with van der Waals surface area (Å²) in [7, 11) is 0. The van der Waals surface area contributed by atoms with Crippen LogP contribution in [0.4, 0.5) is 0 Å². The van der Waals surface area contributed by atoms with Crippen LogP contribution >= 0.6 is 22.7 Å². The monoisotopic (exact) mass is 753 g/mol. The van der Waals surface area contributed by atoms with Gasteiger partial charge in [-0.2, -0.15) is 0 Å². The number of benzene rings is 5. The number of dihydropyridines is 1. The van der Waals surface area contributed by atoms with Gasteiger partial charge in [-0.15, -0.1) is 28.4 Å². The lowest BCUT2D eigenvalue weighted by atomic mass is 9.88. The van der Waals surface area contributed by atoms with Gasteiger partial charge in [-0.25, -0.2) is 0 Å². The number of hydrogen-bond donors (Lipinski definition) is 1. The van der Waals surface area contributed by atoms with E-state index in [1.165, 1.54) is 79.3 Å². The average molecular weight is 754 g/mol. The van der Waals surface area contributed by atoms with Gasteiger partial charge in [0.15, 0.2) is 0 Å². The zero-order valence-corrected chi connectivity index (χ0v) is 32.7. The van der Waals surface area contributed by atoms with Crippen molar-refractivity contribution in [1.29, 1.82) is 0 Å². The average Bonchev–Trinajstić information content (AvgIpc) is 3.70. The summed E-state index contributed by atoms with van der Waals surface area (Å²) < 4.78 is 5.37. The smallest absolute Gasteiger partial charge is 0.0638 e. The van der Waals surface area contributed by atoms with Crippen molar-refractivity contribution in [2.24, 2.45) is 0 Å². The lowest BCUT2D eigenvalue weighted by Gasteiger charge is -2.26. The lowest BCUT2D eigenvalue weighted by Crippen LogP contribution is -2.29. The summed E-state index contributed by atoms with van der Waals surface area (Å²) in [4.78, 5) is 0. The van der Waals surface area contributed by atoms with Gasteiger partial charge in [0.25, 0.3) is 0 Å². The van der Waals surface area contributed by atoms with Gasteiger partial charge in [0.05, 0.1) is 6.04 Å². The van der Waals surface area contributed by atoms with E-state index in [4.69, 9.17) is 0 Å². The summed E-state index contributed by atoms with van der Waals surface area (Å²) in [5, 5.41) is 9.10. The molecule has 1 nitrogen and oxygen atoms in total. The van der Waals surface area contributed by atoms with Crippen LogP contribution < -0.4 is 5.32 Å². The topological polar surface area (TPSA) is 12.0 Å². The molecule has 1 N–H and O–H groups in total. The van der Waals surface area contributed by atoms with Crippen LogP contribution in [0.15, 0.2) is 211 Å². The van der Waals surface area contributed by atoms with E-state index in [1.54, 1.807) is 0 Å². The number of fused-ring (bicyclic) bond motifs is 7. The van der Waals surface area contributed by atoms with Crippen molar-refractivity contribution in [3.8, 4) is 11.1 Å². The molecule has 1 aliphatic heterocycles. The molecule has 3 heteroatoms. The molecule has 56 heavy (non-hydrogen) atoms. The number of allylic oxidation sites excluding steroid dienone is 13. The van der Waals surface area contributed by atoms with Crippen LogP contribution in [-0.2, 0) is 0 Å². The number of hydrogen-bond acceptors (Lipinski definition) is 3. The fourth-order valence-corrected chi connectivity index (χ4v) is 11.3. The van der Waals surface area contributed by atoms with E-state index in [-0.39, 0.29) is 17.9 Å². The third-order valence-electron chi connectivity index (χ3n) is 11.2. The third-order valence-corrected chi connectivity index (χ3v) is 13.8. The minimum atomic E-state index is 0.0711. The highest BCUT2D eigenvalue weighted by molar-refractivity contribution is 7.26. The molecular formula is C53H39NS2. The minimum absolute atomic E-state index is 0.0711. The SMILES string of the molecule is C=CC1=C(/C=C\C(C)c2cccc3c2sc2c(-c4ccccc4)cccc23)NC2C=C1C=CC(c1cccc3c1sc1c(C4=CC=CC=C=C4)cccc13)/C=C\2. The van der Waals surface area contributed by atoms with Gasteiger partial charge in [-0.05, 0) is 51.6 Å². The van der Waals surface area contributed by atoms with E-state index >= 15 is 0 Å². The molecule has 3 atom stereocenters. The highest BCUT2D eigenvalue weighted by Crippen LogP contribution is 2.44. The van der Waals surface area contributed by atoms with Crippen LogP contribution in [0.2, 0.25) is 0 Å². The van der Waals surface area contributed by atoms with Crippen molar-refractivity contribution in [1.82, 2.24) is 5.32 Å². The van der Waals surface area contributed by atoms with E-state index < -0.39 is 0 Å². The molecule has 0 amide bonds. The molecule has 2 aromatic heterocycles. The normalized spacial score (nSPS) is 18.9. The van der Waals surface area contributed by atoms with Gasteiger partial charge >= 0.3 is 0 Å². The number of nitrogens with one attached hydrogen (secondary N) is 1. The van der Waals surface area contributed by atoms with Crippen LogP contribution in [0, 0.1) is 0 Å². The van der Waals surface area contributed by atoms with Gasteiger partial charge in [-0.3, -0.25) is 0 Å². The quantitative estimate of drug-likeness (QED) is 0.126. The van der Waals surface area contributed by atoms with E-state index in [2.05, 4.69) is 188 Å². The van der Waals surface area contributed by atoms with Crippen LogP contribution in [0.5, 0.6) is 0 Å². The summed E-state index contributed by atoms with van der Waals surface area (Å²) in [6.07, 6.45) is 28.6. The Kier molecular flexibility index (Phi) is 8.85. The minimum Gasteiger partial charge on any atom is -0.375 e. The first-order valence-corrected chi connectivity index (χ1v) is 20.9. The highest BCUT2D eigenvalue weighted by atomic mass is 32.1. The molecule has 3 heterocycles. The van der Waals surface area contributed by atoms with Crippen molar-refractivity contribution < 1.29 is 0 Å². The molecule has 0 fully saturated rings. The fourth-order valence-electron chi connectivity index (χ4n) is 8.42. The van der Waals surface area contributed by atoms with Crippen molar-refractivity contribution in [2.75, 3.05) is 0 Å². The predicted molar refractivity (Wildman–Crippen MR) is 245 cm³/mol. The van der Waals surface area contributed by atoms with Crippen molar-refractivity contribution in [3.63, 3.8) is 0 Å². The Labute approximate surface area is 336 Å². The summed E-state index contributed by atoms with van der Waals surface area (Å²) in [6, 6.07) is 37.8. The maximum atomic E-state index is 4.28. The van der Waals surface area contributed by atoms with Crippen molar-refractivity contribution in [2.45, 2.75) is 24.8 Å². The maximum absolute atomic E-state index is 4.28. The highest BCUT2D eigenvalue weighted by Gasteiger charge is 2.22. The molecule has 5 aromatic carbocycles. The first kappa shape index (κ1) is 34.3. The van der Waals surface area contributed by atoms with Crippen LogP contribution in [0.3, 0.4) is 0 Å². The first-order chi connectivity index (χ1) is 27.6. The second kappa shape index (κ2) is 14.5. The standard InChI is InChI=1S/C53H39NS2/c1-3-40-38-29-28-37(44-22-14-26-48-47-25-13-21-43(52(47)56-53(44)48)35-15-7-4-5-8-16-35)30-31-39(33-38)54-49(40)32-27-34(2)41-19-11-23-45-46-24-12-20-42(51(46)55-50(41)45)36-17-9-6-10-18-36/h3-7,9-34,37,39,54H,1H2,2H3/b29-28?,31-30-,32-27-. The first-order valence-electron chi connectivity index (χ1n) is 19.3. The van der Waals surface area contributed by atoms with Crippen LogP contribution in [0.1, 0.15) is 35.4 Å². The van der Waals surface area contributed by atoms with E-state index in [1.807, 2.05) is 40.9 Å². The number of rotatable bonds is 7. The van der Waals surface area contributed by atoms with Gasteiger partial charge in [0.2, 0.25) is 0 Å². The van der Waals surface area contributed by atoms with Crippen molar-refractivity contribution >= 4 is 68.6 Å². The lowest BCUT2D eigenvalue weighted by molar-refractivity contribution is 0.772. The van der Waals surface area contributed by atoms with Crippen LogP contribution in [-0.4, -0.2) is 6.04 Å². The molecule has 7 aromatic rings. The molecule has 10 rings (SSSR count). The summed E-state index contributed by atoms with van der Waals surface area (Å²) in [5.41, 5.74) is 14.4. The molecule has 3 unspecified atom stereocenters. The summed E-state index contributed by atoms with van der Waals surface area (Å²) >= 11 is 3.82. The fraction of sp³-hybridized carbons (Fsp3) is 0.0755. The molecule has 3 aliphatic rings. The molecule has 0 saturated heterocycles. The maximum Gasteiger partial charge on any atom is 0.0638 e. The Bertz CT molecular complexity index is 3020. The van der Waals surface area contributed by atoms with Gasteiger partial charge in [0, 0.05) is 69.0 Å². The second-order valence-electron chi connectivity index (χ2n) is 14.6. The van der Waals surface area contributed by atoms with E-state index in [9.17, 15) is 0 Å². The van der Waals surface area contributed by atoms with Crippen LogP contribution in [0.25, 0.3) is 57.0 Å². The zero-order valence-electron chi connectivity index (χ0n) is 31.1. The Hall–Kier alpha value is -6.22. The molecule has 2 aliphatic carbocycles. The Morgan fingerprint density at radius 2 is 1.41 bits per heavy atom. The largest absolute Gasteiger partial charge is 0.375 e. The molecule has 268 valence electrons. The summed E-state index contributed by atoms with van der Waals surface area (Å²) in [5.74, 6) is 0.354. The van der Waals surface area contributed by atoms with Gasteiger partial charge in [0.1, 0.15) is 0 Å². The molecular weight excluding hydrogens is 715 g/mol. The Balaban J connectivity index is 0.967. The Morgan fingerprint density at radius 1 is 0.696 bits per heavy atom. The molecule has 0 radical (unpaired) electrons. The van der Waals surface area contributed by atoms with E-state index in [0.717, 1.165) is 11.3 Å². The van der Waals surface area contributed by atoms with Gasteiger partial charge in [-0.1, -0.05) is 177 Å². The van der Waals surface area contributed by atoms with E-state index in [0.29, 0.717) is 0 Å². The summed E-state index contributed by atoms with van der Waals surface area (Å²) in [6.45, 7) is 6.58. The molecule has 0 saturated carbocycles. The Morgan fingerprint density at radius 3 is 2.23 bits per heavy atom. The molecule has 2 bridgehead atoms.